The number of hydrogen-bond acceptors (Lipinski definition) is 6. The lowest BCUT2D eigenvalue weighted by atomic mass is 9.92. The van der Waals surface area contributed by atoms with Crippen molar-refractivity contribution in [1.82, 2.24) is 14.2 Å². The second kappa shape index (κ2) is 10.4. The molecule has 7 nitrogen and oxygen atoms in total. The fraction of sp³-hybridized carbons (Fsp3) is 0.464. The number of nitrogens with zero attached hydrogens (tertiary/aromatic N) is 3. The van der Waals surface area contributed by atoms with Gasteiger partial charge >= 0.3 is 0 Å². The lowest BCUT2D eigenvalue weighted by molar-refractivity contribution is 0.180. The van der Waals surface area contributed by atoms with Crippen LogP contribution in [0.3, 0.4) is 0 Å². The highest BCUT2D eigenvalue weighted by molar-refractivity contribution is 7.89. The molecule has 2 aliphatic rings. The lowest BCUT2D eigenvalue weighted by Gasteiger charge is -2.35. The number of hydrogen-bond donors (Lipinski definition) is 0. The summed E-state index contributed by atoms with van der Waals surface area (Å²) in [7, 11) is -0.191. The topological polar surface area (TPSA) is 72.0 Å². The highest BCUT2D eigenvalue weighted by Crippen LogP contribution is 2.48. The van der Waals surface area contributed by atoms with Crippen molar-refractivity contribution >= 4 is 20.9 Å². The number of ether oxygens (including phenoxy) is 2. The van der Waals surface area contributed by atoms with Crippen molar-refractivity contribution in [2.75, 3.05) is 40.4 Å². The summed E-state index contributed by atoms with van der Waals surface area (Å²) < 4.78 is 39.9. The van der Waals surface area contributed by atoms with Crippen LogP contribution in [-0.2, 0) is 22.9 Å². The third-order valence-electron chi connectivity index (χ3n) is 7.68. The highest BCUT2D eigenvalue weighted by Gasteiger charge is 2.36. The van der Waals surface area contributed by atoms with E-state index in [4.69, 9.17) is 9.47 Å². The molecule has 1 aromatic heterocycles. The van der Waals surface area contributed by atoms with Crippen LogP contribution in [0, 0.1) is 0 Å². The predicted octanol–water partition coefficient (Wildman–Crippen LogP) is 4.59. The summed E-state index contributed by atoms with van der Waals surface area (Å²) in [5, 5.41) is 0.838. The van der Waals surface area contributed by atoms with E-state index in [1.165, 1.54) is 16.7 Å². The van der Waals surface area contributed by atoms with Gasteiger partial charge in [-0.2, -0.15) is 4.31 Å². The predicted molar refractivity (Wildman–Crippen MR) is 141 cm³/mol. The van der Waals surface area contributed by atoms with Gasteiger partial charge in [0, 0.05) is 42.8 Å². The van der Waals surface area contributed by atoms with Crippen LogP contribution in [0.1, 0.15) is 48.9 Å². The number of rotatable bonds is 10. The van der Waals surface area contributed by atoms with Gasteiger partial charge in [0.15, 0.2) is 11.5 Å². The second-order valence-electron chi connectivity index (χ2n) is 9.54. The Bertz CT molecular complexity index is 1350. The quantitative estimate of drug-likeness (QED) is 0.372. The number of aromatic nitrogens is 1. The number of methoxy groups -OCH3 is 2. The van der Waals surface area contributed by atoms with E-state index in [1.54, 1.807) is 36.9 Å². The first-order chi connectivity index (χ1) is 17.5. The average molecular weight is 510 g/mol. The number of fused-ring (bicyclic) bond motifs is 1. The fourth-order valence-electron chi connectivity index (χ4n) is 5.96. The van der Waals surface area contributed by atoms with E-state index in [0.717, 1.165) is 62.1 Å². The molecule has 5 rings (SSSR count). The van der Waals surface area contributed by atoms with Gasteiger partial charge in [0.2, 0.25) is 10.0 Å². The minimum atomic E-state index is -3.61. The molecule has 2 aromatic carbocycles. The maximum absolute atomic E-state index is 13.5. The van der Waals surface area contributed by atoms with Crippen molar-refractivity contribution in [3.8, 4) is 11.5 Å². The van der Waals surface area contributed by atoms with Crippen molar-refractivity contribution in [2.24, 2.45) is 0 Å². The average Bonchev–Trinajstić information content (AvgIpc) is 3.35. The zero-order valence-corrected chi connectivity index (χ0v) is 22.2. The zero-order valence-electron chi connectivity index (χ0n) is 21.4. The smallest absolute Gasteiger partial charge is 0.245 e. The van der Waals surface area contributed by atoms with Crippen LogP contribution >= 0.6 is 0 Å². The number of para-hydroxylation sites is 1. The van der Waals surface area contributed by atoms with Crippen LogP contribution in [0.25, 0.3) is 10.9 Å². The number of sulfonamides is 1. The molecule has 3 aromatic rings. The normalized spacial score (nSPS) is 17.5. The molecule has 1 aliphatic heterocycles. The minimum Gasteiger partial charge on any atom is -0.493 e. The summed E-state index contributed by atoms with van der Waals surface area (Å²) in [6.45, 7) is 4.83. The van der Waals surface area contributed by atoms with Crippen molar-refractivity contribution in [1.29, 1.82) is 0 Å². The zero-order chi connectivity index (χ0) is 25.3. The van der Waals surface area contributed by atoms with Crippen LogP contribution in [0.5, 0.6) is 11.5 Å². The molecule has 0 fully saturated rings. The van der Waals surface area contributed by atoms with Gasteiger partial charge in [0.05, 0.1) is 19.7 Å². The van der Waals surface area contributed by atoms with E-state index in [0.29, 0.717) is 24.6 Å². The lowest BCUT2D eigenvalue weighted by Crippen LogP contribution is -2.36. The first-order valence-electron chi connectivity index (χ1n) is 12.8. The van der Waals surface area contributed by atoms with Crippen LogP contribution in [0.2, 0.25) is 0 Å². The van der Waals surface area contributed by atoms with Crippen molar-refractivity contribution in [2.45, 2.75) is 50.0 Å². The van der Waals surface area contributed by atoms with Gasteiger partial charge in [-0.15, -0.1) is 0 Å². The molecule has 8 heteroatoms. The highest BCUT2D eigenvalue weighted by atomic mass is 32.2. The summed E-state index contributed by atoms with van der Waals surface area (Å²) in [5.41, 5.74) is 4.65. The Labute approximate surface area is 214 Å². The molecule has 1 atom stereocenters. The van der Waals surface area contributed by atoms with Gasteiger partial charge in [0.25, 0.3) is 0 Å². The minimum absolute atomic E-state index is 0.290. The standard InChI is InChI=1S/C28H35N3O4S/c1-4-31(36(32,33)25-11-7-9-20-10-8-15-29-27(20)25)17-6-5-16-30-18-14-21-19-24(34-2)28(35-3)22-12-13-23(30)26(21)22/h7-11,15,19,23H,4-6,12-14,16-18H2,1-3H3. The van der Waals surface area contributed by atoms with Crippen LogP contribution in [0.4, 0.5) is 0 Å². The summed E-state index contributed by atoms with van der Waals surface area (Å²) in [6, 6.07) is 11.6. The first kappa shape index (κ1) is 25.0. The third kappa shape index (κ3) is 4.35. The van der Waals surface area contributed by atoms with E-state index in [9.17, 15) is 8.42 Å². The molecule has 0 saturated heterocycles. The molecule has 1 unspecified atom stereocenters. The van der Waals surface area contributed by atoms with Crippen LogP contribution < -0.4 is 9.47 Å². The monoisotopic (exact) mass is 509 g/mol. The Balaban J connectivity index is 1.24. The SMILES string of the molecule is CCN(CCCCN1CCc2cc(OC)c(OC)c3c2C1CC3)S(=O)(=O)c1cccc2cccnc12. The maximum atomic E-state index is 13.5. The van der Waals surface area contributed by atoms with Crippen LogP contribution in [-0.4, -0.2) is 63.0 Å². The molecule has 0 bridgehead atoms. The molecule has 192 valence electrons. The van der Waals surface area contributed by atoms with Gasteiger partial charge in [-0.3, -0.25) is 9.88 Å². The molecule has 0 spiro atoms. The van der Waals surface area contributed by atoms with Gasteiger partial charge in [0.1, 0.15) is 4.90 Å². The fourth-order valence-corrected chi connectivity index (χ4v) is 7.62. The number of benzene rings is 2. The van der Waals surface area contributed by atoms with Gasteiger partial charge < -0.3 is 9.47 Å². The van der Waals surface area contributed by atoms with Gasteiger partial charge in [-0.05, 0) is 68.0 Å². The van der Waals surface area contributed by atoms with E-state index in [-0.39, 0.29) is 4.90 Å². The molecule has 0 radical (unpaired) electrons. The first-order valence-corrected chi connectivity index (χ1v) is 14.3. The molecule has 0 saturated carbocycles. The van der Waals surface area contributed by atoms with Crippen LogP contribution in [0.15, 0.2) is 47.5 Å². The molecule has 36 heavy (non-hydrogen) atoms. The molecular weight excluding hydrogens is 474 g/mol. The Morgan fingerprint density at radius 1 is 1.11 bits per heavy atom. The number of unbranched alkanes of at least 4 members (excludes halogenated alkanes) is 1. The third-order valence-corrected chi connectivity index (χ3v) is 9.68. The largest absolute Gasteiger partial charge is 0.493 e. The van der Waals surface area contributed by atoms with E-state index >= 15 is 0 Å². The maximum Gasteiger partial charge on any atom is 0.245 e. The molecule has 1 aliphatic carbocycles. The Morgan fingerprint density at radius 2 is 1.94 bits per heavy atom. The van der Waals surface area contributed by atoms with Gasteiger partial charge in [-0.25, -0.2) is 8.42 Å². The van der Waals surface area contributed by atoms with E-state index in [2.05, 4.69) is 16.0 Å². The number of pyridine rings is 1. The Hall–Kier alpha value is -2.68. The van der Waals surface area contributed by atoms with Crippen molar-refractivity contribution in [3.05, 3.63) is 59.3 Å². The summed E-state index contributed by atoms with van der Waals surface area (Å²) >= 11 is 0. The summed E-state index contributed by atoms with van der Waals surface area (Å²) in [6.07, 6.45) is 6.52. The summed E-state index contributed by atoms with van der Waals surface area (Å²) in [5.74, 6) is 1.72. The van der Waals surface area contributed by atoms with Crippen molar-refractivity contribution < 1.29 is 17.9 Å². The molecule has 2 heterocycles. The second-order valence-corrected chi connectivity index (χ2v) is 11.4. The van der Waals surface area contributed by atoms with E-state index in [1.807, 2.05) is 25.1 Å². The summed E-state index contributed by atoms with van der Waals surface area (Å²) in [4.78, 5) is 7.22. The van der Waals surface area contributed by atoms with Crippen molar-refractivity contribution in [3.63, 3.8) is 0 Å². The molecule has 0 N–H and O–H groups in total. The van der Waals surface area contributed by atoms with Gasteiger partial charge in [-0.1, -0.05) is 25.1 Å². The molecule has 0 amide bonds. The Morgan fingerprint density at radius 3 is 2.72 bits per heavy atom. The van der Waals surface area contributed by atoms with E-state index < -0.39 is 10.0 Å². The Kier molecular flexibility index (Phi) is 7.19. The molecular formula is C28H35N3O4S.